The van der Waals surface area contributed by atoms with Crippen molar-refractivity contribution in [3.8, 4) is 0 Å². The highest BCUT2D eigenvalue weighted by Crippen LogP contribution is 2.05. The second kappa shape index (κ2) is 10.9. The maximum atomic E-state index is 12.3. The van der Waals surface area contributed by atoms with Crippen molar-refractivity contribution in [3.63, 3.8) is 0 Å². The number of amides is 3. The van der Waals surface area contributed by atoms with Crippen molar-refractivity contribution in [2.24, 2.45) is 17.4 Å². The SMILES string of the molecule is CSCCC(NC(=O)C(N)C(C)C)C(=O)NC(CC(N)=O)C(=O)O. The number of carboxylic acid groups (broad SMARTS) is 1. The zero-order chi connectivity index (χ0) is 18.9. The molecule has 0 spiro atoms. The van der Waals surface area contributed by atoms with E-state index in [-0.39, 0.29) is 5.92 Å². The lowest BCUT2D eigenvalue weighted by molar-refractivity contribution is -0.143. The Labute approximate surface area is 145 Å². The highest BCUT2D eigenvalue weighted by Gasteiger charge is 2.29. The lowest BCUT2D eigenvalue weighted by Crippen LogP contribution is -2.55. The summed E-state index contributed by atoms with van der Waals surface area (Å²) in [5.74, 6) is -2.96. The lowest BCUT2D eigenvalue weighted by atomic mass is 10.0. The Morgan fingerprint density at radius 3 is 2.04 bits per heavy atom. The van der Waals surface area contributed by atoms with Gasteiger partial charge in [-0.1, -0.05) is 13.8 Å². The fourth-order valence-corrected chi connectivity index (χ4v) is 2.22. The highest BCUT2D eigenvalue weighted by atomic mass is 32.2. The summed E-state index contributed by atoms with van der Waals surface area (Å²) < 4.78 is 0. The topological polar surface area (TPSA) is 165 Å². The van der Waals surface area contributed by atoms with E-state index < -0.39 is 48.2 Å². The van der Waals surface area contributed by atoms with Crippen LogP contribution in [-0.4, -0.2) is 58.9 Å². The minimum Gasteiger partial charge on any atom is -0.480 e. The smallest absolute Gasteiger partial charge is 0.326 e. The number of rotatable bonds is 11. The van der Waals surface area contributed by atoms with Gasteiger partial charge in [-0.2, -0.15) is 11.8 Å². The van der Waals surface area contributed by atoms with Crippen LogP contribution in [0.4, 0.5) is 0 Å². The van der Waals surface area contributed by atoms with Gasteiger partial charge in [0.2, 0.25) is 17.7 Å². The van der Waals surface area contributed by atoms with Crippen LogP contribution in [0.3, 0.4) is 0 Å². The maximum absolute atomic E-state index is 12.3. The monoisotopic (exact) mass is 362 g/mol. The molecule has 138 valence electrons. The first-order valence-corrected chi connectivity index (χ1v) is 8.85. The van der Waals surface area contributed by atoms with Crippen LogP contribution in [-0.2, 0) is 19.2 Å². The molecule has 24 heavy (non-hydrogen) atoms. The van der Waals surface area contributed by atoms with Crippen molar-refractivity contribution >= 4 is 35.5 Å². The van der Waals surface area contributed by atoms with Crippen LogP contribution in [0.2, 0.25) is 0 Å². The Bertz CT molecular complexity index is 472. The van der Waals surface area contributed by atoms with Gasteiger partial charge in [0.1, 0.15) is 12.1 Å². The van der Waals surface area contributed by atoms with Gasteiger partial charge in [0.15, 0.2) is 0 Å². The van der Waals surface area contributed by atoms with E-state index in [1.54, 1.807) is 13.8 Å². The third-order valence-corrected chi connectivity index (χ3v) is 3.93. The molecule has 10 heteroatoms. The Kier molecular flexibility index (Phi) is 10.0. The van der Waals surface area contributed by atoms with Gasteiger partial charge in [0, 0.05) is 0 Å². The Hall–Kier alpha value is -1.81. The second-order valence-electron chi connectivity index (χ2n) is 5.68. The molecule has 3 atom stereocenters. The van der Waals surface area contributed by atoms with Crippen molar-refractivity contribution in [2.45, 2.75) is 44.8 Å². The molecular weight excluding hydrogens is 336 g/mol. The average molecular weight is 362 g/mol. The first-order valence-electron chi connectivity index (χ1n) is 7.46. The molecule has 0 aromatic heterocycles. The van der Waals surface area contributed by atoms with E-state index in [0.29, 0.717) is 12.2 Å². The number of carboxylic acids is 1. The molecule has 0 saturated carbocycles. The molecule has 0 rings (SSSR count). The zero-order valence-electron chi connectivity index (χ0n) is 14.1. The molecule has 9 nitrogen and oxygen atoms in total. The van der Waals surface area contributed by atoms with E-state index >= 15 is 0 Å². The van der Waals surface area contributed by atoms with Crippen LogP contribution in [0.5, 0.6) is 0 Å². The number of carbonyl (C=O) groups is 4. The quantitative estimate of drug-likeness (QED) is 0.303. The number of thioether (sulfide) groups is 1. The first-order chi connectivity index (χ1) is 11.1. The van der Waals surface area contributed by atoms with E-state index in [4.69, 9.17) is 16.6 Å². The van der Waals surface area contributed by atoms with Crippen LogP contribution in [0.1, 0.15) is 26.7 Å². The zero-order valence-corrected chi connectivity index (χ0v) is 14.9. The van der Waals surface area contributed by atoms with Crippen LogP contribution in [0.15, 0.2) is 0 Å². The number of carbonyl (C=O) groups excluding carboxylic acids is 3. The standard InChI is InChI=1S/C14H26N4O5S/c1-7(2)11(16)13(21)17-8(4-5-24-3)12(20)18-9(14(22)23)6-10(15)19/h7-9,11H,4-6,16H2,1-3H3,(H2,15,19)(H,17,21)(H,18,20)(H,22,23). The largest absolute Gasteiger partial charge is 0.480 e. The molecule has 0 radical (unpaired) electrons. The Morgan fingerprint density at radius 2 is 1.62 bits per heavy atom. The number of nitrogens with one attached hydrogen (secondary N) is 2. The molecule has 0 bridgehead atoms. The Morgan fingerprint density at radius 1 is 1.08 bits per heavy atom. The van der Waals surface area contributed by atoms with Crippen LogP contribution in [0.25, 0.3) is 0 Å². The summed E-state index contributed by atoms with van der Waals surface area (Å²) in [5, 5.41) is 13.8. The molecule has 0 aromatic rings. The van der Waals surface area contributed by atoms with E-state index in [0.717, 1.165) is 0 Å². The molecule has 0 aliphatic rings. The van der Waals surface area contributed by atoms with Gasteiger partial charge in [-0.05, 0) is 24.3 Å². The predicted octanol–water partition coefficient (Wildman–Crippen LogP) is -1.35. The molecular formula is C14H26N4O5S. The molecule has 0 aromatic carbocycles. The molecule has 0 aliphatic carbocycles. The van der Waals surface area contributed by atoms with Crippen molar-refractivity contribution in [1.29, 1.82) is 0 Å². The third-order valence-electron chi connectivity index (χ3n) is 3.28. The van der Waals surface area contributed by atoms with Gasteiger partial charge in [-0.3, -0.25) is 14.4 Å². The molecule has 0 heterocycles. The predicted molar refractivity (Wildman–Crippen MR) is 91.1 cm³/mol. The summed E-state index contributed by atoms with van der Waals surface area (Å²) in [4.78, 5) is 46.3. The maximum Gasteiger partial charge on any atom is 0.326 e. The van der Waals surface area contributed by atoms with Crippen molar-refractivity contribution < 1.29 is 24.3 Å². The van der Waals surface area contributed by atoms with Gasteiger partial charge in [0.25, 0.3) is 0 Å². The summed E-state index contributed by atoms with van der Waals surface area (Å²) in [6.45, 7) is 3.54. The minimum absolute atomic E-state index is 0.115. The van der Waals surface area contributed by atoms with Gasteiger partial charge in [-0.15, -0.1) is 0 Å². The first kappa shape index (κ1) is 22.2. The van der Waals surface area contributed by atoms with Crippen molar-refractivity contribution in [3.05, 3.63) is 0 Å². The minimum atomic E-state index is -1.44. The molecule has 3 amide bonds. The molecule has 0 fully saturated rings. The Balaban J connectivity index is 5.00. The highest BCUT2D eigenvalue weighted by molar-refractivity contribution is 7.98. The van der Waals surface area contributed by atoms with E-state index in [1.807, 2.05) is 6.26 Å². The lowest BCUT2D eigenvalue weighted by Gasteiger charge is -2.23. The summed E-state index contributed by atoms with van der Waals surface area (Å²) in [7, 11) is 0. The van der Waals surface area contributed by atoms with Crippen LogP contribution in [0, 0.1) is 5.92 Å². The van der Waals surface area contributed by atoms with Gasteiger partial charge in [0.05, 0.1) is 12.5 Å². The fourth-order valence-electron chi connectivity index (χ4n) is 1.75. The van der Waals surface area contributed by atoms with E-state index in [9.17, 15) is 19.2 Å². The third kappa shape index (κ3) is 8.16. The molecule has 0 saturated heterocycles. The van der Waals surface area contributed by atoms with Crippen LogP contribution >= 0.6 is 11.8 Å². The van der Waals surface area contributed by atoms with E-state index in [2.05, 4.69) is 10.6 Å². The number of aliphatic carboxylic acids is 1. The average Bonchev–Trinajstić information content (AvgIpc) is 2.48. The molecule has 7 N–H and O–H groups in total. The normalized spacial score (nSPS) is 14.5. The molecule has 3 unspecified atom stereocenters. The van der Waals surface area contributed by atoms with Gasteiger partial charge < -0.3 is 27.2 Å². The van der Waals surface area contributed by atoms with Crippen LogP contribution < -0.4 is 22.1 Å². The number of primary amides is 1. The van der Waals surface area contributed by atoms with Gasteiger partial charge >= 0.3 is 5.97 Å². The summed E-state index contributed by atoms with van der Waals surface area (Å²) in [5.41, 5.74) is 10.7. The summed E-state index contributed by atoms with van der Waals surface area (Å²) in [6, 6.07) is -3.16. The van der Waals surface area contributed by atoms with Crippen molar-refractivity contribution in [2.75, 3.05) is 12.0 Å². The second-order valence-corrected chi connectivity index (χ2v) is 6.67. The number of hydrogen-bond acceptors (Lipinski definition) is 6. The summed E-state index contributed by atoms with van der Waals surface area (Å²) >= 11 is 1.47. The van der Waals surface area contributed by atoms with E-state index in [1.165, 1.54) is 11.8 Å². The molecule has 0 aliphatic heterocycles. The van der Waals surface area contributed by atoms with Crippen molar-refractivity contribution in [1.82, 2.24) is 10.6 Å². The fraction of sp³-hybridized carbons (Fsp3) is 0.714. The van der Waals surface area contributed by atoms with Gasteiger partial charge in [-0.25, -0.2) is 4.79 Å². The number of nitrogens with two attached hydrogens (primary N) is 2. The summed E-state index contributed by atoms with van der Waals surface area (Å²) in [6.07, 6.45) is 1.60. The number of hydrogen-bond donors (Lipinski definition) is 5.